The summed E-state index contributed by atoms with van der Waals surface area (Å²) in [5, 5.41) is 2.47. The number of aromatic nitrogens is 1. The summed E-state index contributed by atoms with van der Waals surface area (Å²) in [5.74, 6) is 5.31. The van der Waals surface area contributed by atoms with E-state index in [1.807, 2.05) is 0 Å². The second-order valence-corrected chi connectivity index (χ2v) is 19.1. The predicted molar refractivity (Wildman–Crippen MR) is 279 cm³/mol. The Morgan fingerprint density at radius 2 is 0.781 bits per heavy atom. The smallest absolute Gasteiger partial charge is 0.203 e. The van der Waals surface area contributed by atoms with Crippen molar-refractivity contribution in [2.75, 3.05) is 19.8 Å². The molecule has 0 saturated heterocycles. The molecule has 0 bridgehead atoms. The van der Waals surface area contributed by atoms with Gasteiger partial charge in [0.05, 0.1) is 25.3 Å². The molecule has 0 N–H and O–H groups in total. The second kappa shape index (κ2) is 34.7. The van der Waals surface area contributed by atoms with Crippen molar-refractivity contribution in [2.45, 2.75) is 239 Å². The number of hydrogen-bond donors (Lipinski definition) is 0. The molecule has 0 unspecified atom stereocenters. The largest absolute Gasteiger partial charge is 0.490 e. The number of rotatable bonds is 41. The van der Waals surface area contributed by atoms with E-state index in [1.54, 1.807) is 0 Å². The molecule has 4 heteroatoms. The minimum atomic E-state index is 0.681. The molecule has 1 heterocycles. The van der Waals surface area contributed by atoms with E-state index in [0.717, 1.165) is 53.2 Å². The molecule has 0 radical (unpaired) electrons. The molecule has 3 aromatic carbocycles. The third-order valence-corrected chi connectivity index (χ3v) is 13.4. The van der Waals surface area contributed by atoms with E-state index in [9.17, 15) is 0 Å². The summed E-state index contributed by atoms with van der Waals surface area (Å²) in [7, 11) is 0. The van der Waals surface area contributed by atoms with E-state index in [1.165, 1.54) is 209 Å². The van der Waals surface area contributed by atoms with Crippen LogP contribution >= 0.6 is 0 Å². The first-order valence-electron chi connectivity index (χ1n) is 27.2. The van der Waals surface area contributed by atoms with Gasteiger partial charge in [-0.3, -0.25) is 0 Å². The van der Waals surface area contributed by atoms with Gasteiger partial charge in [-0.25, -0.2) is 0 Å². The van der Waals surface area contributed by atoms with E-state index in [0.29, 0.717) is 26.4 Å². The number of unbranched alkanes of at least 4 members (excludes halogenated alkanes) is 30. The molecule has 0 spiro atoms. The van der Waals surface area contributed by atoms with E-state index in [4.69, 9.17) is 20.6 Å². The molecule has 0 saturated carbocycles. The van der Waals surface area contributed by atoms with Crippen LogP contribution < -0.4 is 14.2 Å². The summed E-state index contributed by atoms with van der Waals surface area (Å²) in [4.78, 5) is 0. The monoisotopic (exact) mass is 876 g/mol. The van der Waals surface area contributed by atoms with Crippen molar-refractivity contribution < 1.29 is 14.2 Å². The third-order valence-electron chi connectivity index (χ3n) is 13.4. The zero-order valence-corrected chi connectivity index (χ0v) is 41.6. The van der Waals surface area contributed by atoms with Crippen LogP contribution in [-0.2, 0) is 6.54 Å². The molecule has 0 aliphatic rings. The average Bonchev–Trinajstić information content (AvgIpc) is 3.62. The fourth-order valence-corrected chi connectivity index (χ4v) is 9.41. The van der Waals surface area contributed by atoms with Crippen molar-refractivity contribution in [3.63, 3.8) is 0 Å². The Morgan fingerprint density at radius 1 is 0.406 bits per heavy atom. The maximum Gasteiger partial charge on any atom is 0.203 e. The normalized spacial score (nSPS) is 11.5. The molecule has 4 aromatic rings. The standard InChI is InChI=1S/C60H93NO3/c1-5-9-12-15-18-21-24-27-30-33-38-45-62-58-49-53(51-61-56-42-37-36-41-54(56)55-44-43-52(8-4)48-57(55)61)50-59(63-46-39-34-31-28-25-22-19-16-13-10-6-2)60(58)64-47-40-35-32-29-26-23-20-17-14-11-7-3/h4,36-37,41-44,48-50H,5-7,9-35,38-40,45-47,51H2,1-3H3. The summed E-state index contributed by atoms with van der Waals surface area (Å²) < 4.78 is 22.7. The predicted octanol–water partition coefficient (Wildman–Crippen LogP) is 18.9. The van der Waals surface area contributed by atoms with Crippen LogP contribution in [0.3, 0.4) is 0 Å². The Balaban J connectivity index is 1.45. The summed E-state index contributed by atoms with van der Waals surface area (Å²) in [6, 6.07) is 19.6. The van der Waals surface area contributed by atoms with Gasteiger partial charge in [0, 0.05) is 28.4 Å². The molecule has 0 aliphatic carbocycles. The zero-order chi connectivity index (χ0) is 45.1. The molecule has 64 heavy (non-hydrogen) atoms. The van der Waals surface area contributed by atoms with Gasteiger partial charge in [-0.1, -0.05) is 244 Å². The highest BCUT2D eigenvalue weighted by atomic mass is 16.5. The quantitative estimate of drug-likeness (QED) is 0.0329. The van der Waals surface area contributed by atoms with Gasteiger partial charge in [0.15, 0.2) is 11.5 Å². The minimum absolute atomic E-state index is 0.681. The first-order valence-corrected chi connectivity index (χ1v) is 27.2. The molecule has 0 amide bonds. The third kappa shape index (κ3) is 20.7. The number of nitrogens with zero attached hydrogens (tertiary/aromatic N) is 1. The van der Waals surface area contributed by atoms with Crippen LogP contribution in [0.15, 0.2) is 54.6 Å². The molecule has 4 nitrogen and oxygen atoms in total. The lowest BCUT2D eigenvalue weighted by molar-refractivity contribution is 0.234. The minimum Gasteiger partial charge on any atom is -0.490 e. The first kappa shape index (κ1) is 53.0. The first-order chi connectivity index (χ1) is 31.7. The fraction of sp³-hybridized carbons (Fsp3) is 0.667. The molecule has 4 rings (SSSR count). The molecule has 0 fully saturated rings. The van der Waals surface area contributed by atoms with E-state index in [-0.39, 0.29) is 0 Å². The SMILES string of the molecule is C#Cc1ccc2c3ccccc3n(Cc3cc(OCCCCCCCCCCCCC)c(OCCCCCCCCCCCCC)c(OCCCCCCCCCCCCC)c3)c2c1. The number of para-hydroxylation sites is 1. The lowest BCUT2D eigenvalue weighted by atomic mass is 10.1. The molecular formula is C60H93NO3. The Morgan fingerprint density at radius 3 is 1.20 bits per heavy atom. The molecule has 356 valence electrons. The number of hydrogen-bond acceptors (Lipinski definition) is 3. The highest BCUT2D eigenvalue weighted by Crippen LogP contribution is 2.41. The summed E-state index contributed by atoms with van der Waals surface area (Å²) in [5.41, 5.74) is 4.41. The highest BCUT2D eigenvalue weighted by Gasteiger charge is 2.19. The molecule has 0 aliphatic heterocycles. The Bertz CT molecular complexity index is 1770. The van der Waals surface area contributed by atoms with Crippen molar-refractivity contribution in [1.82, 2.24) is 4.57 Å². The van der Waals surface area contributed by atoms with Gasteiger partial charge in [-0.2, -0.15) is 0 Å². The lowest BCUT2D eigenvalue weighted by Crippen LogP contribution is -2.08. The molecule has 1 aromatic heterocycles. The summed E-state index contributed by atoms with van der Waals surface area (Å²) >= 11 is 0. The Hall–Kier alpha value is -3.58. The van der Waals surface area contributed by atoms with Crippen molar-refractivity contribution in [1.29, 1.82) is 0 Å². The van der Waals surface area contributed by atoms with Gasteiger partial charge in [0.25, 0.3) is 0 Å². The number of fused-ring (bicyclic) bond motifs is 3. The van der Waals surface area contributed by atoms with Crippen LogP contribution in [0.4, 0.5) is 0 Å². The van der Waals surface area contributed by atoms with Crippen LogP contribution in [0.2, 0.25) is 0 Å². The van der Waals surface area contributed by atoms with Crippen molar-refractivity contribution in [2.24, 2.45) is 0 Å². The van der Waals surface area contributed by atoms with E-state index in [2.05, 4.69) is 85.9 Å². The van der Waals surface area contributed by atoms with Crippen LogP contribution in [0.5, 0.6) is 17.2 Å². The van der Waals surface area contributed by atoms with Crippen molar-refractivity contribution >= 4 is 21.8 Å². The van der Waals surface area contributed by atoms with Gasteiger partial charge in [0.2, 0.25) is 5.75 Å². The summed E-state index contributed by atoms with van der Waals surface area (Å²) in [6.45, 7) is 9.63. The fourth-order valence-electron chi connectivity index (χ4n) is 9.41. The molecule has 0 atom stereocenters. The van der Waals surface area contributed by atoms with Crippen LogP contribution in [0, 0.1) is 12.3 Å². The second-order valence-electron chi connectivity index (χ2n) is 19.1. The number of terminal acetylenes is 1. The van der Waals surface area contributed by atoms with Gasteiger partial charge in [-0.05, 0) is 55.2 Å². The van der Waals surface area contributed by atoms with Gasteiger partial charge >= 0.3 is 0 Å². The highest BCUT2D eigenvalue weighted by molar-refractivity contribution is 6.08. The molecular weight excluding hydrogens is 783 g/mol. The van der Waals surface area contributed by atoms with Gasteiger partial charge in [0.1, 0.15) is 0 Å². The van der Waals surface area contributed by atoms with Crippen LogP contribution in [0.1, 0.15) is 244 Å². The average molecular weight is 876 g/mol. The maximum atomic E-state index is 6.76. The number of ether oxygens (including phenoxy) is 3. The topological polar surface area (TPSA) is 32.6 Å². The Labute approximate surface area is 393 Å². The van der Waals surface area contributed by atoms with Gasteiger partial charge < -0.3 is 18.8 Å². The van der Waals surface area contributed by atoms with Crippen LogP contribution in [0.25, 0.3) is 21.8 Å². The maximum absolute atomic E-state index is 6.76. The summed E-state index contributed by atoms with van der Waals surface area (Å²) in [6.07, 6.45) is 49.4. The van der Waals surface area contributed by atoms with Crippen LogP contribution in [-0.4, -0.2) is 24.4 Å². The lowest BCUT2D eigenvalue weighted by Gasteiger charge is -2.20. The number of benzene rings is 3. The van der Waals surface area contributed by atoms with E-state index < -0.39 is 0 Å². The van der Waals surface area contributed by atoms with Crippen molar-refractivity contribution in [3.05, 3.63) is 65.7 Å². The van der Waals surface area contributed by atoms with Crippen molar-refractivity contribution in [3.8, 4) is 29.6 Å². The van der Waals surface area contributed by atoms with E-state index >= 15 is 0 Å². The Kier molecular flexibility index (Phi) is 28.8. The zero-order valence-electron chi connectivity index (χ0n) is 41.6. The van der Waals surface area contributed by atoms with Gasteiger partial charge in [-0.15, -0.1) is 6.42 Å².